The van der Waals surface area contributed by atoms with Crippen molar-refractivity contribution < 1.29 is 45.4 Å². The molecule has 11 heteroatoms. The summed E-state index contributed by atoms with van der Waals surface area (Å²) in [5, 5.41) is 0.851. The molecule has 0 N–H and O–H groups in total. The van der Waals surface area contributed by atoms with E-state index in [9.17, 15) is 17.3 Å². The summed E-state index contributed by atoms with van der Waals surface area (Å²) >= 11 is 0. The number of rotatable bonds is 6. The summed E-state index contributed by atoms with van der Waals surface area (Å²) in [4.78, 5) is 0. The van der Waals surface area contributed by atoms with Crippen LogP contribution in [0.4, 0.5) is 17.3 Å². The zero-order chi connectivity index (χ0) is 23.2. The minimum Gasteiger partial charge on any atom is -0.496 e. The van der Waals surface area contributed by atoms with Crippen LogP contribution in [0.2, 0.25) is 0 Å². The third-order valence-corrected chi connectivity index (χ3v) is 4.10. The first-order valence-corrected chi connectivity index (χ1v) is 8.81. The maximum atomic E-state index is 9.75. The average molecular weight is 444 g/mol. The predicted molar refractivity (Wildman–Crippen MR) is 109 cm³/mol. The second-order valence-electron chi connectivity index (χ2n) is 5.95. The molecule has 31 heavy (non-hydrogen) atoms. The molecule has 1 aromatic heterocycles. The van der Waals surface area contributed by atoms with Crippen LogP contribution in [0.15, 0.2) is 40.8 Å². The van der Waals surface area contributed by atoms with Crippen molar-refractivity contribution >= 4 is 18.2 Å². The Hall–Kier alpha value is -3.37. The van der Waals surface area contributed by atoms with Crippen LogP contribution in [0, 0.1) is 0 Å². The van der Waals surface area contributed by atoms with Gasteiger partial charge in [-0.15, -0.1) is 0 Å². The molecule has 0 aliphatic carbocycles. The molecule has 6 nitrogen and oxygen atoms in total. The fraction of sp³-hybridized carbons (Fsp3) is 0.250. The number of ether oxygens (including phenoxy) is 5. The summed E-state index contributed by atoms with van der Waals surface area (Å²) in [6, 6.07) is 11.1. The molecule has 2 aromatic carbocycles. The van der Waals surface area contributed by atoms with Gasteiger partial charge in [-0.1, -0.05) is 0 Å². The Bertz CT molecular complexity index is 1010. The first-order chi connectivity index (χ1) is 14.6. The lowest BCUT2D eigenvalue weighted by molar-refractivity contribution is 0.324. The molecule has 0 bridgehead atoms. The highest BCUT2D eigenvalue weighted by Gasteiger charge is 2.23. The molecule has 3 rings (SSSR count). The van der Waals surface area contributed by atoms with Gasteiger partial charge in [0, 0.05) is 24.3 Å². The average Bonchev–Trinajstić information content (AvgIpc) is 2.75. The molecule has 3 aromatic rings. The van der Waals surface area contributed by atoms with Gasteiger partial charge in [-0.2, -0.15) is 0 Å². The van der Waals surface area contributed by atoms with Crippen molar-refractivity contribution in [2.45, 2.75) is 0 Å². The lowest BCUT2D eigenvalue weighted by Crippen LogP contribution is -2.02. The maximum absolute atomic E-state index is 9.75. The van der Waals surface area contributed by atoms with Crippen LogP contribution in [0.5, 0.6) is 28.7 Å². The molecule has 0 fully saturated rings. The number of halogens is 4. The van der Waals surface area contributed by atoms with Crippen LogP contribution < -0.4 is 23.7 Å². The number of hydrogen-bond acceptors (Lipinski definition) is 5. The zero-order valence-electron chi connectivity index (χ0n) is 17.5. The van der Waals surface area contributed by atoms with E-state index in [0.717, 1.165) is 10.9 Å². The minimum atomic E-state index is -6.00. The van der Waals surface area contributed by atoms with E-state index in [-0.39, 0.29) is 0 Å². The molecule has 0 aliphatic heterocycles. The Balaban J connectivity index is 0.000000614. The van der Waals surface area contributed by atoms with E-state index >= 15 is 0 Å². The van der Waals surface area contributed by atoms with E-state index < -0.39 is 7.25 Å². The predicted octanol–water partition coefficient (Wildman–Crippen LogP) is 5.72. The minimum absolute atomic E-state index is 0.530. The van der Waals surface area contributed by atoms with Crippen LogP contribution >= 0.6 is 0 Å². The number of benzene rings is 2. The standard InChI is InChI=1S/C20H21O6.BF4/c1-21-13-10-16(22-2)14-6-7-15(26-17(14)11-13)12-8-18(23-3)20(25-5)19(9-12)24-4;2-1(3,4)5/h6-11H,1-5H3;/q+1;-1. The van der Waals surface area contributed by atoms with E-state index in [4.69, 9.17) is 28.1 Å². The molecule has 0 saturated carbocycles. The fourth-order valence-corrected chi connectivity index (χ4v) is 2.80. The third-order valence-electron chi connectivity index (χ3n) is 4.10. The van der Waals surface area contributed by atoms with Crippen LogP contribution in [0.25, 0.3) is 22.3 Å². The first-order valence-electron chi connectivity index (χ1n) is 8.81. The first kappa shape index (κ1) is 23.9. The van der Waals surface area contributed by atoms with Gasteiger partial charge in [-0.3, -0.25) is 0 Å². The van der Waals surface area contributed by atoms with E-state index in [1.165, 1.54) is 0 Å². The Labute approximate surface area is 176 Å². The highest BCUT2D eigenvalue weighted by molar-refractivity contribution is 6.50. The monoisotopic (exact) mass is 444 g/mol. The SMILES string of the molecule is COc1cc(OC)c2ccc(-c3cc(OC)c(OC)c(OC)c3)[o+]c2c1.F[B-](F)(F)F. The number of hydrogen-bond donors (Lipinski definition) is 0. The van der Waals surface area contributed by atoms with Crippen molar-refractivity contribution in [1.82, 2.24) is 0 Å². The van der Waals surface area contributed by atoms with E-state index in [0.29, 0.717) is 40.1 Å². The molecule has 1 heterocycles. The topological polar surface area (TPSA) is 57.5 Å². The van der Waals surface area contributed by atoms with Crippen molar-refractivity contribution in [3.63, 3.8) is 0 Å². The summed E-state index contributed by atoms with van der Waals surface area (Å²) in [7, 11) is 1.94. The molecule has 168 valence electrons. The molecule has 0 unspecified atom stereocenters. The second kappa shape index (κ2) is 10.1. The zero-order valence-corrected chi connectivity index (χ0v) is 17.5. The lowest BCUT2D eigenvalue weighted by atomic mass is 10.1. The van der Waals surface area contributed by atoms with Crippen molar-refractivity contribution in [1.29, 1.82) is 0 Å². The van der Waals surface area contributed by atoms with Crippen LogP contribution in [0.3, 0.4) is 0 Å². The van der Waals surface area contributed by atoms with E-state index in [2.05, 4.69) is 0 Å². The van der Waals surface area contributed by atoms with Gasteiger partial charge < -0.3 is 40.9 Å². The Kier molecular flexibility index (Phi) is 7.79. The van der Waals surface area contributed by atoms with Crippen molar-refractivity contribution in [2.24, 2.45) is 0 Å². The molecule has 0 aliphatic rings. The van der Waals surface area contributed by atoms with Gasteiger partial charge >= 0.3 is 18.6 Å². The molecule has 0 radical (unpaired) electrons. The molecule has 0 spiro atoms. The van der Waals surface area contributed by atoms with Crippen LogP contribution in [-0.4, -0.2) is 42.8 Å². The fourth-order valence-electron chi connectivity index (χ4n) is 2.80. The summed E-state index contributed by atoms with van der Waals surface area (Å²) < 4.78 is 72.0. The summed E-state index contributed by atoms with van der Waals surface area (Å²) in [6.07, 6.45) is 0. The maximum Gasteiger partial charge on any atom is 0.673 e. The van der Waals surface area contributed by atoms with Gasteiger partial charge in [0.05, 0.1) is 47.2 Å². The van der Waals surface area contributed by atoms with Gasteiger partial charge in [-0.25, -0.2) is 4.42 Å². The van der Waals surface area contributed by atoms with Crippen molar-refractivity contribution in [2.75, 3.05) is 35.5 Å². The van der Waals surface area contributed by atoms with Crippen molar-refractivity contribution in [3.05, 3.63) is 36.4 Å². The molecule has 0 atom stereocenters. The van der Waals surface area contributed by atoms with Gasteiger partial charge in [0.2, 0.25) is 5.75 Å². The Morgan fingerprint density at radius 3 is 1.68 bits per heavy atom. The van der Waals surface area contributed by atoms with Gasteiger partial charge in [0.15, 0.2) is 11.5 Å². The molecule has 0 amide bonds. The van der Waals surface area contributed by atoms with Crippen LogP contribution in [-0.2, 0) is 0 Å². The van der Waals surface area contributed by atoms with Gasteiger partial charge in [0.25, 0.3) is 0 Å². The lowest BCUT2D eigenvalue weighted by Gasteiger charge is -2.12. The van der Waals surface area contributed by atoms with E-state index in [1.807, 2.05) is 36.4 Å². The summed E-state index contributed by atoms with van der Waals surface area (Å²) in [5.74, 6) is 3.62. The normalized spacial score (nSPS) is 10.7. The highest BCUT2D eigenvalue weighted by atomic mass is 19.5. The summed E-state index contributed by atoms with van der Waals surface area (Å²) in [6.45, 7) is 0. The van der Waals surface area contributed by atoms with E-state index in [1.54, 1.807) is 35.5 Å². The second-order valence-corrected chi connectivity index (χ2v) is 5.95. The smallest absolute Gasteiger partial charge is 0.496 e. The van der Waals surface area contributed by atoms with Gasteiger partial charge in [0.1, 0.15) is 16.9 Å². The summed E-state index contributed by atoms with van der Waals surface area (Å²) in [5.41, 5.74) is 1.44. The Morgan fingerprint density at radius 2 is 1.23 bits per heavy atom. The number of fused-ring (bicyclic) bond motifs is 1. The largest absolute Gasteiger partial charge is 0.673 e. The molecular formula is C20H21BF4O6. The van der Waals surface area contributed by atoms with Crippen molar-refractivity contribution in [3.8, 4) is 40.1 Å². The quantitative estimate of drug-likeness (QED) is 0.275. The third kappa shape index (κ3) is 6.06. The molecular weight excluding hydrogens is 423 g/mol. The molecule has 0 saturated heterocycles. The number of methoxy groups -OCH3 is 5. The van der Waals surface area contributed by atoms with Crippen LogP contribution in [0.1, 0.15) is 0 Å². The Morgan fingerprint density at radius 1 is 0.677 bits per heavy atom. The highest BCUT2D eigenvalue weighted by Crippen LogP contribution is 2.42. The van der Waals surface area contributed by atoms with Gasteiger partial charge in [-0.05, 0) is 6.07 Å².